The first kappa shape index (κ1) is 12.8. The number of ether oxygens (including phenoxy) is 1. The van der Waals surface area contributed by atoms with Gasteiger partial charge < -0.3 is 10.5 Å². The van der Waals surface area contributed by atoms with E-state index in [1.165, 1.54) is 0 Å². The lowest BCUT2D eigenvalue weighted by Gasteiger charge is -2.18. The molecule has 0 radical (unpaired) electrons. The van der Waals surface area contributed by atoms with Gasteiger partial charge in [0.1, 0.15) is 5.75 Å². The Kier molecular flexibility index (Phi) is 4.56. The van der Waals surface area contributed by atoms with Crippen LogP contribution in [0, 0.1) is 0 Å². The van der Waals surface area contributed by atoms with Crippen molar-refractivity contribution in [3.8, 4) is 5.75 Å². The minimum atomic E-state index is -0.0348. The fraction of sp³-hybridized carbons (Fsp3) is 0.429. The monoisotopic (exact) mass is 219 g/mol. The first-order chi connectivity index (χ1) is 7.50. The Morgan fingerprint density at radius 1 is 1.38 bits per heavy atom. The molecule has 0 heterocycles. The molecule has 16 heavy (non-hydrogen) atoms. The second kappa shape index (κ2) is 5.71. The van der Waals surface area contributed by atoms with Gasteiger partial charge in [0.25, 0.3) is 0 Å². The van der Waals surface area contributed by atoms with Gasteiger partial charge in [0.2, 0.25) is 0 Å². The van der Waals surface area contributed by atoms with E-state index in [1.54, 1.807) is 0 Å². The molecule has 0 saturated heterocycles. The summed E-state index contributed by atoms with van der Waals surface area (Å²) in [6, 6.07) is 7.90. The molecule has 0 fully saturated rings. The fourth-order valence-corrected chi connectivity index (χ4v) is 1.63. The van der Waals surface area contributed by atoms with E-state index < -0.39 is 0 Å². The molecule has 0 aliphatic carbocycles. The lowest BCUT2D eigenvalue weighted by atomic mass is 10.0. The largest absolute Gasteiger partial charge is 0.491 e. The Morgan fingerprint density at radius 3 is 2.56 bits per heavy atom. The van der Waals surface area contributed by atoms with Gasteiger partial charge in [-0.25, -0.2) is 0 Å². The van der Waals surface area contributed by atoms with Crippen LogP contribution in [-0.4, -0.2) is 6.10 Å². The molecule has 0 aliphatic rings. The van der Waals surface area contributed by atoms with Crippen molar-refractivity contribution in [1.29, 1.82) is 0 Å². The van der Waals surface area contributed by atoms with E-state index >= 15 is 0 Å². The molecule has 2 nitrogen and oxygen atoms in total. The van der Waals surface area contributed by atoms with Gasteiger partial charge in [0.15, 0.2) is 0 Å². The molecule has 1 aromatic carbocycles. The first-order valence-corrected chi connectivity index (χ1v) is 5.66. The molecule has 2 N–H and O–H groups in total. The second-order valence-electron chi connectivity index (χ2n) is 4.47. The zero-order chi connectivity index (χ0) is 12.1. The SMILES string of the molecule is C=C(C)C[C@H](N)c1ccccc1OC(C)C. The highest BCUT2D eigenvalue weighted by Crippen LogP contribution is 2.27. The first-order valence-electron chi connectivity index (χ1n) is 5.66. The topological polar surface area (TPSA) is 35.2 Å². The predicted octanol–water partition coefficient (Wildman–Crippen LogP) is 3.44. The molecular weight excluding hydrogens is 198 g/mol. The third-order valence-corrected chi connectivity index (χ3v) is 2.25. The normalized spacial score (nSPS) is 12.6. The van der Waals surface area contributed by atoms with Crippen LogP contribution in [0.15, 0.2) is 36.4 Å². The molecule has 0 amide bonds. The highest BCUT2D eigenvalue weighted by Gasteiger charge is 2.12. The molecule has 1 aromatic rings. The summed E-state index contributed by atoms with van der Waals surface area (Å²) in [5, 5.41) is 0. The molecule has 0 aliphatic heterocycles. The van der Waals surface area contributed by atoms with Gasteiger partial charge in [-0.3, -0.25) is 0 Å². The number of para-hydroxylation sites is 1. The van der Waals surface area contributed by atoms with E-state index in [-0.39, 0.29) is 12.1 Å². The van der Waals surface area contributed by atoms with Crippen molar-refractivity contribution in [2.45, 2.75) is 39.3 Å². The standard InChI is InChI=1S/C14H21NO/c1-10(2)9-13(15)12-7-5-6-8-14(12)16-11(3)4/h5-8,11,13H,1,9,15H2,2-4H3/t13-/m0/s1. The van der Waals surface area contributed by atoms with E-state index in [9.17, 15) is 0 Å². The van der Waals surface area contributed by atoms with Crippen molar-refractivity contribution in [2.24, 2.45) is 5.73 Å². The lowest BCUT2D eigenvalue weighted by molar-refractivity contribution is 0.238. The highest BCUT2D eigenvalue weighted by molar-refractivity contribution is 5.36. The number of rotatable bonds is 5. The Morgan fingerprint density at radius 2 is 2.00 bits per heavy atom. The van der Waals surface area contributed by atoms with E-state index in [0.717, 1.165) is 23.3 Å². The summed E-state index contributed by atoms with van der Waals surface area (Å²) in [7, 11) is 0. The summed E-state index contributed by atoms with van der Waals surface area (Å²) < 4.78 is 5.74. The molecule has 1 atom stereocenters. The summed E-state index contributed by atoms with van der Waals surface area (Å²) in [5.74, 6) is 0.881. The minimum absolute atomic E-state index is 0.0348. The third kappa shape index (κ3) is 3.70. The Balaban J connectivity index is 2.89. The molecule has 0 unspecified atom stereocenters. The molecule has 0 saturated carbocycles. The molecular formula is C14H21NO. The summed E-state index contributed by atoms with van der Waals surface area (Å²) in [5.41, 5.74) is 8.28. The Hall–Kier alpha value is -1.28. The van der Waals surface area contributed by atoms with Gasteiger partial charge in [0, 0.05) is 11.6 Å². The highest BCUT2D eigenvalue weighted by atomic mass is 16.5. The maximum Gasteiger partial charge on any atom is 0.124 e. The van der Waals surface area contributed by atoms with Crippen LogP contribution in [0.25, 0.3) is 0 Å². The van der Waals surface area contributed by atoms with Crippen molar-refractivity contribution in [2.75, 3.05) is 0 Å². The van der Waals surface area contributed by atoms with Crippen LogP contribution in [0.1, 0.15) is 38.8 Å². The zero-order valence-electron chi connectivity index (χ0n) is 10.4. The van der Waals surface area contributed by atoms with Gasteiger partial charge in [-0.2, -0.15) is 0 Å². The number of hydrogen-bond donors (Lipinski definition) is 1. The average Bonchev–Trinajstić information content (AvgIpc) is 2.16. The van der Waals surface area contributed by atoms with Crippen molar-refractivity contribution in [3.05, 3.63) is 42.0 Å². The molecule has 0 aromatic heterocycles. The van der Waals surface area contributed by atoms with Crippen LogP contribution in [0.5, 0.6) is 5.75 Å². The van der Waals surface area contributed by atoms with E-state index in [4.69, 9.17) is 10.5 Å². The van der Waals surface area contributed by atoms with Gasteiger partial charge >= 0.3 is 0 Å². The number of benzene rings is 1. The predicted molar refractivity (Wildman–Crippen MR) is 68.6 cm³/mol. The molecule has 0 bridgehead atoms. The van der Waals surface area contributed by atoms with Crippen molar-refractivity contribution >= 4 is 0 Å². The van der Waals surface area contributed by atoms with E-state index in [2.05, 4.69) is 6.58 Å². The van der Waals surface area contributed by atoms with Crippen LogP contribution in [-0.2, 0) is 0 Å². The summed E-state index contributed by atoms with van der Waals surface area (Å²) >= 11 is 0. The van der Waals surface area contributed by atoms with Crippen molar-refractivity contribution in [1.82, 2.24) is 0 Å². The lowest BCUT2D eigenvalue weighted by Crippen LogP contribution is -2.14. The second-order valence-corrected chi connectivity index (χ2v) is 4.47. The smallest absolute Gasteiger partial charge is 0.124 e. The fourth-order valence-electron chi connectivity index (χ4n) is 1.63. The Labute approximate surface area is 98.1 Å². The maximum absolute atomic E-state index is 6.13. The van der Waals surface area contributed by atoms with Gasteiger partial charge in [-0.15, -0.1) is 6.58 Å². The van der Waals surface area contributed by atoms with Crippen molar-refractivity contribution < 1.29 is 4.74 Å². The zero-order valence-corrected chi connectivity index (χ0v) is 10.4. The van der Waals surface area contributed by atoms with E-state index in [0.29, 0.717) is 0 Å². The maximum atomic E-state index is 6.13. The number of hydrogen-bond acceptors (Lipinski definition) is 2. The van der Waals surface area contributed by atoms with Gasteiger partial charge in [0.05, 0.1) is 6.10 Å². The number of nitrogens with two attached hydrogens (primary N) is 1. The van der Waals surface area contributed by atoms with Crippen LogP contribution < -0.4 is 10.5 Å². The molecule has 1 rings (SSSR count). The quantitative estimate of drug-likeness (QED) is 0.770. The van der Waals surface area contributed by atoms with Crippen molar-refractivity contribution in [3.63, 3.8) is 0 Å². The van der Waals surface area contributed by atoms with Crippen LogP contribution in [0.4, 0.5) is 0 Å². The molecule has 88 valence electrons. The van der Waals surface area contributed by atoms with Crippen LogP contribution in [0.2, 0.25) is 0 Å². The van der Waals surface area contributed by atoms with Crippen LogP contribution in [0.3, 0.4) is 0 Å². The molecule has 0 spiro atoms. The van der Waals surface area contributed by atoms with Crippen LogP contribution >= 0.6 is 0 Å². The average molecular weight is 219 g/mol. The molecule has 2 heteroatoms. The summed E-state index contributed by atoms with van der Waals surface area (Å²) in [4.78, 5) is 0. The van der Waals surface area contributed by atoms with E-state index in [1.807, 2.05) is 45.0 Å². The van der Waals surface area contributed by atoms with Gasteiger partial charge in [-0.05, 0) is 33.3 Å². The minimum Gasteiger partial charge on any atom is -0.491 e. The van der Waals surface area contributed by atoms with Gasteiger partial charge in [-0.1, -0.05) is 23.8 Å². The third-order valence-electron chi connectivity index (χ3n) is 2.25. The summed E-state index contributed by atoms with van der Waals surface area (Å²) in [6.07, 6.45) is 0.955. The Bertz CT molecular complexity index is 358. The summed E-state index contributed by atoms with van der Waals surface area (Å²) in [6.45, 7) is 9.91.